The van der Waals surface area contributed by atoms with Crippen LogP contribution in [0.5, 0.6) is 5.88 Å². The van der Waals surface area contributed by atoms with Crippen molar-refractivity contribution >= 4 is 29.2 Å². The molecule has 1 saturated carbocycles. The zero-order valence-corrected chi connectivity index (χ0v) is 16.5. The van der Waals surface area contributed by atoms with Crippen LogP contribution in [0.15, 0.2) is 30.6 Å². The predicted octanol–water partition coefficient (Wildman–Crippen LogP) is 3.91. The molecule has 2 heterocycles. The lowest BCUT2D eigenvalue weighted by Crippen LogP contribution is -2.27. The van der Waals surface area contributed by atoms with Gasteiger partial charge in [-0.05, 0) is 31.4 Å². The van der Waals surface area contributed by atoms with E-state index in [9.17, 15) is 22.8 Å². The Hall–Kier alpha value is -2.88. The summed E-state index contributed by atoms with van der Waals surface area (Å²) in [7, 11) is 0. The van der Waals surface area contributed by atoms with Gasteiger partial charge in [0.15, 0.2) is 6.61 Å². The Bertz CT molecular complexity index is 934. The van der Waals surface area contributed by atoms with Crippen LogP contribution < -0.4 is 15.4 Å². The van der Waals surface area contributed by atoms with E-state index >= 15 is 0 Å². The number of carbonyl (C=O) groups is 2. The first-order valence-corrected chi connectivity index (χ1v) is 9.43. The zero-order chi connectivity index (χ0) is 21.9. The average Bonchev–Trinajstić information content (AvgIpc) is 3.53. The molecule has 0 aliphatic heterocycles. The van der Waals surface area contributed by atoms with E-state index in [1.165, 1.54) is 30.6 Å². The molecule has 1 unspecified atom stereocenters. The van der Waals surface area contributed by atoms with Crippen molar-refractivity contribution in [3.63, 3.8) is 0 Å². The first-order valence-electron chi connectivity index (χ1n) is 9.05. The van der Waals surface area contributed by atoms with Crippen LogP contribution in [0.3, 0.4) is 0 Å². The summed E-state index contributed by atoms with van der Waals surface area (Å²) in [4.78, 5) is 32.3. The third-order valence-corrected chi connectivity index (χ3v) is 4.59. The monoisotopic (exact) mass is 442 g/mol. The highest BCUT2D eigenvalue weighted by Crippen LogP contribution is 2.30. The van der Waals surface area contributed by atoms with Crippen molar-refractivity contribution in [2.45, 2.75) is 32.0 Å². The van der Waals surface area contributed by atoms with Crippen molar-refractivity contribution in [1.29, 1.82) is 0 Å². The van der Waals surface area contributed by atoms with Crippen LogP contribution in [0.1, 0.15) is 41.7 Å². The molecule has 2 amide bonds. The summed E-state index contributed by atoms with van der Waals surface area (Å²) >= 11 is 6.07. The molecular weight excluding hydrogens is 425 g/mol. The SMILES string of the molecule is CC(NC(=O)c1cc(NC(=O)C2CC2)ncc1Cl)c1ccc(OCC(F)(F)F)nc1. The first kappa shape index (κ1) is 21.8. The van der Waals surface area contributed by atoms with Crippen molar-refractivity contribution < 1.29 is 27.5 Å². The van der Waals surface area contributed by atoms with Gasteiger partial charge in [0.1, 0.15) is 5.82 Å². The summed E-state index contributed by atoms with van der Waals surface area (Å²) in [5.74, 6) is -0.627. The molecule has 2 aromatic rings. The summed E-state index contributed by atoms with van der Waals surface area (Å²) < 4.78 is 41.1. The molecule has 30 heavy (non-hydrogen) atoms. The van der Waals surface area contributed by atoms with Gasteiger partial charge >= 0.3 is 6.18 Å². The van der Waals surface area contributed by atoms with Crippen LogP contribution >= 0.6 is 11.6 Å². The third kappa shape index (κ3) is 6.06. The lowest BCUT2D eigenvalue weighted by Gasteiger charge is -2.16. The number of nitrogens with one attached hydrogen (secondary N) is 2. The van der Waals surface area contributed by atoms with Gasteiger partial charge in [0.05, 0.1) is 16.6 Å². The minimum Gasteiger partial charge on any atom is -0.468 e. The van der Waals surface area contributed by atoms with Crippen LogP contribution in [-0.4, -0.2) is 34.6 Å². The van der Waals surface area contributed by atoms with Crippen LogP contribution in [0.2, 0.25) is 5.02 Å². The van der Waals surface area contributed by atoms with Crippen molar-refractivity contribution in [3.8, 4) is 5.88 Å². The average molecular weight is 443 g/mol. The number of halogens is 4. The second-order valence-corrected chi connectivity index (χ2v) is 7.25. The Morgan fingerprint density at radius 1 is 1.27 bits per heavy atom. The molecule has 160 valence electrons. The van der Waals surface area contributed by atoms with Gasteiger partial charge in [-0.2, -0.15) is 13.2 Å². The van der Waals surface area contributed by atoms with Crippen molar-refractivity contribution in [1.82, 2.24) is 15.3 Å². The summed E-state index contributed by atoms with van der Waals surface area (Å²) in [6.45, 7) is 0.238. The number of pyridine rings is 2. The fourth-order valence-electron chi connectivity index (χ4n) is 2.50. The number of aromatic nitrogens is 2. The van der Waals surface area contributed by atoms with Crippen molar-refractivity contribution in [2.24, 2.45) is 5.92 Å². The first-order chi connectivity index (χ1) is 14.1. The molecule has 0 spiro atoms. The van der Waals surface area contributed by atoms with Crippen molar-refractivity contribution in [2.75, 3.05) is 11.9 Å². The highest BCUT2D eigenvalue weighted by molar-refractivity contribution is 6.33. The van der Waals surface area contributed by atoms with Crippen LogP contribution in [0.4, 0.5) is 19.0 Å². The van der Waals surface area contributed by atoms with E-state index in [4.69, 9.17) is 11.6 Å². The van der Waals surface area contributed by atoms with Gasteiger partial charge in [-0.15, -0.1) is 0 Å². The normalized spacial score (nSPS) is 14.7. The van der Waals surface area contributed by atoms with Crippen LogP contribution in [0, 0.1) is 5.92 Å². The lowest BCUT2D eigenvalue weighted by molar-refractivity contribution is -0.154. The molecule has 3 rings (SSSR count). The van der Waals surface area contributed by atoms with Gasteiger partial charge in [0, 0.05) is 24.4 Å². The number of ether oxygens (including phenoxy) is 1. The number of hydrogen-bond donors (Lipinski definition) is 2. The van der Waals surface area contributed by atoms with E-state index in [2.05, 4.69) is 25.3 Å². The third-order valence-electron chi connectivity index (χ3n) is 4.29. The smallest absolute Gasteiger partial charge is 0.422 e. The number of alkyl halides is 3. The maximum atomic E-state index is 12.6. The highest BCUT2D eigenvalue weighted by atomic mass is 35.5. The summed E-state index contributed by atoms with van der Waals surface area (Å²) in [6.07, 6.45) is -0.205. The largest absolute Gasteiger partial charge is 0.468 e. The van der Waals surface area contributed by atoms with Gasteiger partial charge in [-0.25, -0.2) is 9.97 Å². The van der Waals surface area contributed by atoms with Gasteiger partial charge < -0.3 is 15.4 Å². The standard InChI is InChI=1S/C19H18ClF3N4O3/c1-10(12-4-5-16(25-7-12)30-9-19(21,22)23)26-18(29)13-6-15(24-8-14(13)20)27-17(28)11-2-3-11/h4-8,10-11H,2-3,9H2,1H3,(H,26,29)(H,24,27,28). The molecule has 11 heteroatoms. The molecule has 1 aliphatic rings. The van der Waals surface area contributed by atoms with Gasteiger partial charge in [-0.1, -0.05) is 17.7 Å². The number of anilines is 1. The van der Waals surface area contributed by atoms with Gasteiger partial charge in [-0.3, -0.25) is 9.59 Å². The van der Waals surface area contributed by atoms with Gasteiger partial charge in [0.2, 0.25) is 11.8 Å². The van der Waals surface area contributed by atoms with Crippen LogP contribution in [-0.2, 0) is 4.79 Å². The minimum absolute atomic E-state index is 0.0182. The lowest BCUT2D eigenvalue weighted by atomic mass is 10.1. The fourth-order valence-corrected chi connectivity index (χ4v) is 2.69. The summed E-state index contributed by atoms with van der Waals surface area (Å²) in [5.41, 5.74) is 0.679. The Morgan fingerprint density at radius 3 is 2.60 bits per heavy atom. The zero-order valence-electron chi connectivity index (χ0n) is 15.8. The van der Waals surface area contributed by atoms with E-state index in [1.807, 2.05) is 0 Å². The molecule has 0 aromatic carbocycles. The maximum Gasteiger partial charge on any atom is 0.422 e. The fraction of sp³-hybridized carbons (Fsp3) is 0.368. The second-order valence-electron chi connectivity index (χ2n) is 6.84. The number of rotatable bonds is 7. The molecule has 2 aromatic heterocycles. The molecular formula is C19H18ClF3N4O3. The summed E-state index contributed by atoms with van der Waals surface area (Å²) in [5, 5.41) is 5.48. The molecule has 2 N–H and O–H groups in total. The molecule has 1 fully saturated rings. The molecule has 0 radical (unpaired) electrons. The van der Waals surface area contributed by atoms with Gasteiger partial charge in [0.25, 0.3) is 5.91 Å². The molecule has 1 aliphatic carbocycles. The Balaban J connectivity index is 1.62. The number of hydrogen-bond acceptors (Lipinski definition) is 5. The Morgan fingerprint density at radius 2 is 2.00 bits per heavy atom. The van der Waals surface area contributed by atoms with E-state index in [-0.39, 0.29) is 34.1 Å². The number of nitrogens with zero attached hydrogens (tertiary/aromatic N) is 2. The minimum atomic E-state index is -4.46. The maximum absolute atomic E-state index is 12.6. The number of amides is 2. The van der Waals surface area contributed by atoms with E-state index in [1.54, 1.807) is 6.92 Å². The topological polar surface area (TPSA) is 93.2 Å². The van der Waals surface area contributed by atoms with Crippen LogP contribution in [0.25, 0.3) is 0 Å². The second kappa shape index (κ2) is 8.86. The predicted molar refractivity (Wildman–Crippen MR) is 102 cm³/mol. The van der Waals surface area contributed by atoms with E-state index in [0.29, 0.717) is 5.56 Å². The molecule has 0 bridgehead atoms. The highest BCUT2D eigenvalue weighted by Gasteiger charge is 2.30. The Labute approximate surface area is 175 Å². The number of carbonyl (C=O) groups excluding carboxylic acids is 2. The quantitative estimate of drug-likeness (QED) is 0.678. The van der Waals surface area contributed by atoms with Crippen molar-refractivity contribution in [3.05, 3.63) is 46.7 Å². The van der Waals surface area contributed by atoms with E-state index < -0.39 is 24.7 Å². The molecule has 7 nitrogen and oxygen atoms in total. The van der Waals surface area contributed by atoms with E-state index in [0.717, 1.165) is 12.8 Å². The Kier molecular flexibility index (Phi) is 6.45. The molecule has 1 atom stereocenters. The summed E-state index contributed by atoms with van der Waals surface area (Å²) in [6, 6.07) is 3.65. The molecule has 0 saturated heterocycles.